The molecule has 0 aliphatic rings. The molecule has 0 saturated heterocycles. The Kier molecular flexibility index (Phi) is 4.58. The number of nitrogens with one attached hydrogen (secondary N) is 1. The fourth-order valence-corrected chi connectivity index (χ4v) is 1.25. The average molecular weight is 230 g/mol. The molecular weight excluding hydrogens is 214 g/mol. The van der Waals surface area contributed by atoms with Gasteiger partial charge in [0.05, 0.1) is 11.9 Å². The standard InChI is InChI=1S/C9H16ClN5/c1-15(2)5-3-4-12-8-7(11)6-13-9(10)14-8/h6H,3-5,11H2,1-2H3,(H,12,13,14). The summed E-state index contributed by atoms with van der Waals surface area (Å²) in [7, 11) is 4.08. The molecule has 0 unspecified atom stereocenters. The summed E-state index contributed by atoms with van der Waals surface area (Å²) in [5.74, 6) is 0.605. The summed E-state index contributed by atoms with van der Waals surface area (Å²) in [6.07, 6.45) is 2.53. The lowest BCUT2D eigenvalue weighted by Crippen LogP contribution is -2.17. The Bertz CT molecular complexity index is 315. The molecule has 0 spiro atoms. The number of nitrogens with zero attached hydrogens (tertiary/aromatic N) is 3. The zero-order valence-electron chi connectivity index (χ0n) is 9.00. The van der Waals surface area contributed by atoms with Crippen LogP contribution >= 0.6 is 11.6 Å². The zero-order valence-corrected chi connectivity index (χ0v) is 9.75. The molecule has 0 atom stereocenters. The van der Waals surface area contributed by atoms with Gasteiger partial charge in [-0.2, -0.15) is 4.98 Å². The van der Waals surface area contributed by atoms with Crippen LogP contribution in [0.1, 0.15) is 6.42 Å². The predicted molar refractivity (Wildman–Crippen MR) is 63.1 cm³/mol. The van der Waals surface area contributed by atoms with Crippen LogP contribution in [0.3, 0.4) is 0 Å². The van der Waals surface area contributed by atoms with E-state index in [0.29, 0.717) is 11.5 Å². The molecule has 0 aliphatic carbocycles. The van der Waals surface area contributed by atoms with Crippen LogP contribution in [0.2, 0.25) is 5.28 Å². The summed E-state index contributed by atoms with van der Waals surface area (Å²) in [6.45, 7) is 1.83. The smallest absolute Gasteiger partial charge is 0.224 e. The highest BCUT2D eigenvalue weighted by Crippen LogP contribution is 2.15. The Morgan fingerprint density at radius 3 is 2.93 bits per heavy atom. The molecule has 6 heteroatoms. The van der Waals surface area contributed by atoms with Gasteiger partial charge in [-0.25, -0.2) is 4.98 Å². The molecule has 0 fully saturated rings. The predicted octanol–water partition coefficient (Wildman–Crippen LogP) is 1.08. The highest BCUT2D eigenvalue weighted by Gasteiger charge is 2.01. The molecule has 15 heavy (non-hydrogen) atoms. The van der Waals surface area contributed by atoms with Crippen molar-refractivity contribution in [3.63, 3.8) is 0 Å². The fraction of sp³-hybridized carbons (Fsp3) is 0.556. The summed E-state index contributed by atoms with van der Waals surface area (Å²) in [5, 5.41) is 3.33. The monoisotopic (exact) mass is 229 g/mol. The number of halogens is 1. The maximum absolute atomic E-state index is 5.67. The molecule has 0 aliphatic heterocycles. The van der Waals surface area contributed by atoms with Crippen molar-refractivity contribution in [2.45, 2.75) is 6.42 Å². The first-order chi connectivity index (χ1) is 7.09. The van der Waals surface area contributed by atoms with Gasteiger partial charge in [0.25, 0.3) is 0 Å². The van der Waals surface area contributed by atoms with Crippen molar-refractivity contribution in [2.24, 2.45) is 0 Å². The maximum atomic E-state index is 5.67. The van der Waals surface area contributed by atoms with Crippen molar-refractivity contribution in [3.8, 4) is 0 Å². The first-order valence-corrected chi connectivity index (χ1v) is 5.14. The van der Waals surface area contributed by atoms with E-state index in [1.807, 2.05) is 14.1 Å². The van der Waals surface area contributed by atoms with Gasteiger partial charge in [-0.3, -0.25) is 0 Å². The summed E-state index contributed by atoms with van der Waals surface area (Å²) in [5.41, 5.74) is 6.19. The highest BCUT2D eigenvalue weighted by atomic mass is 35.5. The largest absolute Gasteiger partial charge is 0.394 e. The molecule has 1 heterocycles. The van der Waals surface area contributed by atoms with Gasteiger partial charge in [0.1, 0.15) is 0 Å². The van der Waals surface area contributed by atoms with Crippen LogP contribution in [-0.2, 0) is 0 Å². The Morgan fingerprint density at radius 1 is 1.53 bits per heavy atom. The third kappa shape index (κ3) is 4.31. The number of nitrogen functional groups attached to an aromatic ring is 1. The van der Waals surface area contributed by atoms with Gasteiger partial charge >= 0.3 is 0 Å². The molecule has 1 rings (SSSR count). The van der Waals surface area contributed by atoms with E-state index in [-0.39, 0.29) is 5.28 Å². The van der Waals surface area contributed by atoms with Crippen LogP contribution in [0, 0.1) is 0 Å². The summed E-state index contributed by atoms with van der Waals surface area (Å²) >= 11 is 5.65. The Morgan fingerprint density at radius 2 is 2.27 bits per heavy atom. The lowest BCUT2D eigenvalue weighted by atomic mass is 10.4. The van der Waals surface area contributed by atoms with Crippen LogP contribution in [0.15, 0.2) is 6.20 Å². The average Bonchev–Trinajstić information content (AvgIpc) is 2.17. The zero-order chi connectivity index (χ0) is 11.3. The Labute approximate surface area is 94.6 Å². The Hall–Kier alpha value is -1.07. The van der Waals surface area contributed by atoms with Crippen LogP contribution in [0.4, 0.5) is 11.5 Å². The third-order valence-corrected chi connectivity index (χ3v) is 2.04. The quantitative estimate of drug-likeness (QED) is 0.584. The Balaban J connectivity index is 2.40. The van der Waals surface area contributed by atoms with Crippen molar-refractivity contribution >= 4 is 23.1 Å². The van der Waals surface area contributed by atoms with E-state index >= 15 is 0 Å². The lowest BCUT2D eigenvalue weighted by Gasteiger charge is -2.11. The van der Waals surface area contributed by atoms with Crippen molar-refractivity contribution in [2.75, 3.05) is 38.2 Å². The van der Waals surface area contributed by atoms with E-state index in [4.69, 9.17) is 17.3 Å². The maximum Gasteiger partial charge on any atom is 0.224 e. The van der Waals surface area contributed by atoms with Crippen molar-refractivity contribution in [3.05, 3.63) is 11.5 Å². The highest BCUT2D eigenvalue weighted by molar-refractivity contribution is 6.28. The van der Waals surface area contributed by atoms with Gasteiger partial charge in [-0.05, 0) is 38.7 Å². The molecule has 5 nitrogen and oxygen atoms in total. The van der Waals surface area contributed by atoms with E-state index < -0.39 is 0 Å². The number of nitrogens with two attached hydrogens (primary N) is 1. The molecule has 0 bridgehead atoms. The number of rotatable bonds is 5. The molecule has 0 amide bonds. The van der Waals surface area contributed by atoms with E-state index in [0.717, 1.165) is 19.5 Å². The summed E-state index contributed by atoms with van der Waals surface area (Å²) in [6, 6.07) is 0. The summed E-state index contributed by atoms with van der Waals surface area (Å²) in [4.78, 5) is 9.89. The van der Waals surface area contributed by atoms with Gasteiger partial charge in [0.2, 0.25) is 5.28 Å². The van der Waals surface area contributed by atoms with Crippen LogP contribution in [0.5, 0.6) is 0 Å². The first kappa shape index (κ1) is 12.0. The van der Waals surface area contributed by atoms with E-state index in [9.17, 15) is 0 Å². The van der Waals surface area contributed by atoms with E-state index in [2.05, 4.69) is 20.2 Å². The first-order valence-electron chi connectivity index (χ1n) is 4.76. The molecule has 1 aromatic rings. The van der Waals surface area contributed by atoms with Gasteiger partial charge in [0, 0.05) is 6.54 Å². The second-order valence-electron chi connectivity index (χ2n) is 3.53. The van der Waals surface area contributed by atoms with Gasteiger partial charge in [-0.1, -0.05) is 0 Å². The molecular formula is C9H16ClN5. The van der Waals surface area contributed by atoms with E-state index in [1.54, 1.807) is 0 Å². The number of hydrogen-bond acceptors (Lipinski definition) is 5. The van der Waals surface area contributed by atoms with E-state index in [1.165, 1.54) is 6.20 Å². The van der Waals surface area contributed by atoms with Gasteiger partial charge in [0.15, 0.2) is 5.82 Å². The molecule has 84 valence electrons. The molecule has 0 saturated carbocycles. The number of anilines is 2. The SMILES string of the molecule is CN(C)CCCNc1nc(Cl)ncc1N. The number of hydrogen-bond donors (Lipinski definition) is 2. The van der Waals surface area contributed by atoms with Crippen LogP contribution < -0.4 is 11.1 Å². The normalized spacial score (nSPS) is 10.7. The minimum absolute atomic E-state index is 0.208. The van der Waals surface area contributed by atoms with Crippen molar-refractivity contribution in [1.82, 2.24) is 14.9 Å². The second-order valence-corrected chi connectivity index (χ2v) is 3.86. The molecule has 1 aromatic heterocycles. The third-order valence-electron chi connectivity index (χ3n) is 1.86. The van der Waals surface area contributed by atoms with Gasteiger partial charge < -0.3 is 16.0 Å². The number of aromatic nitrogens is 2. The fourth-order valence-electron chi connectivity index (χ4n) is 1.11. The topological polar surface area (TPSA) is 67.1 Å². The minimum Gasteiger partial charge on any atom is -0.394 e. The molecule has 0 radical (unpaired) electrons. The second kappa shape index (κ2) is 5.72. The van der Waals surface area contributed by atoms with Crippen LogP contribution in [0.25, 0.3) is 0 Å². The van der Waals surface area contributed by atoms with Gasteiger partial charge in [-0.15, -0.1) is 0 Å². The minimum atomic E-state index is 0.208. The summed E-state index contributed by atoms with van der Waals surface area (Å²) < 4.78 is 0. The van der Waals surface area contributed by atoms with Crippen molar-refractivity contribution in [1.29, 1.82) is 0 Å². The van der Waals surface area contributed by atoms with Crippen molar-refractivity contribution < 1.29 is 0 Å². The lowest BCUT2D eigenvalue weighted by molar-refractivity contribution is 0.405. The molecule has 0 aromatic carbocycles. The molecule has 3 N–H and O–H groups in total. The van der Waals surface area contributed by atoms with Crippen LogP contribution in [-0.4, -0.2) is 42.1 Å².